The van der Waals surface area contributed by atoms with Crippen molar-refractivity contribution in [2.45, 2.75) is 6.42 Å². The number of anilines is 1. The van der Waals surface area contributed by atoms with Gasteiger partial charge in [0.1, 0.15) is 6.54 Å². The molecule has 0 aliphatic carbocycles. The summed E-state index contributed by atoms with van der Waals surface area (Å²) in [7, 11) is 0. The zero-order valence-electron chi connectivity index (χ0n) is 13.2. The van der Waals surface area contributed by atoms with Gasteiger partial charge < -0.3 is 21.1 Å². The molecule has 0 spiro atoms. The van der Waals surface area contributed by atoms with Crippen LogP contribution in [0.1, 0.15) is 6.42 Å². The second kappa shape index (κ2) is 9.75. The number of nitrogens with zero attached hydrogens (tertiary/aromatic N) is 3. The Kier molecular flexibility index (Phi) is 7.28. The van der Waals surface area contributed by atoms with Gasteiger partial charge in [-0.2, -0.15) is 0 Å². The molecule has 8 heteroatoms. The Morgan fingerprint density at radius 1 is 1.43 bits per heavy atom. The molecule has 126 valence electrons. The number of morpholine rings is 1. The minimum Gasteiger partial charge on any atom is -0.379 e. The second-order valence-corrected chi connectivity index (χ2v) is 5.23. The van der Waals surface area contributed by atoms with Gasteiger partial charge in [-0.15, -0.1) is 0 Å². The molecule has 2 rings (SSSR count). The van der Waals surface area contributed by atoms with Crippen LogP contribution >= 0.6 is 0 Å². The fourth-order valence-electron chi connectivity index (χ4n) is 2.19. The zero-order valence-corrected chi connectivity index (χ0v) is 13.2. The van der Waals surface area contributed by atoms with Crippen molar-refractivity contribution < 1.29 is 9.53 Å². The van der Waals surface area contributed by atoms with Gasteiger partial charge >= 0.3 is 0 Å². The zero-order chi connectivity index (χ0) is 16.3. The molecule has 1 aromatic rings. The van der Waals surface area contributed by atoms with Crippen molar-refractivity contribution in [2.24, 2.45) is 10.7 Å². The van der Waals surface area contributed by atoms with E-state index in [1.54, 1.807) is 24.5 Å². The first-order valence-corrected chi connectivity index (χ1v) is 7.78. The number of hydrogen-bond donors (Lipinski definition) is 3. The van der Waals surface area contributed by atoms with E-state index in [1.807, 2.05) is 0 Å². The highest BCUT2D eigenvalue weighted by Gasteiger charge is 2.09. The van der Waals surface area contributed by atoms with Crippen molar-refractivity contribution in [3.05, 3.63) is 24.5 Å². The van der Waals surface area contributed by atoms with Crippen molar-refractivity contribution >= 4 is 17.6 Å². The summed E-state index contributed by atoms with van der Waals surface area (Å²) in [5, 5.41) is 5.72. The molecule has 1 amide bonds. The molecule has 1 fully saturated rings. The smallest absolute Gasteiger partial charge is 0.246 e. The maximum atomic E-state index is 11.7. The molecule has 0 aromatic carbocycles. The first-order valence-electron chi connectivity index (χ1n) is 7.78. The van der Waals surface area contributed by atoms with Gasteiger partial charge in [0.15, 0.2) is 5.96 Å². The number of amides is 1. The Bertz CT molecular complexity index is 502. The number of aliphatic imine (C=N–C) groups is 1. The number of guanidine groups is 1. The normalized spacial score (nSPS) is 16.1. The first kappa shape index (κ1) is 17.2. The van der Waals surface area contributed by atoms with Crippen LogP contribution in [-0.4, -0.2) is 67.7 Å². The van der Waals surface area contributed by atoms with Gasteiger partial charge in [0.2, 0.25) is 5.91 Å². The van der Waals surface area contributed by atoms with Crippen molar-refractivity contribution in [3.8, 4) is 0 Å². The first-order chi connectivity index (χ1) is 11.2. The van der Waals surface area contributed by atoms with Crippen LogP contribution < -0.4 is 16.4 Å². The molecular formula is C15H24N6O2. The third-order valence-corrected chi connectivity index (χ3v) is 3.40. The molecule has 1 aliphatic heterocycles. The molecule has 0 saturated carbocycles. The van der Waals surface area contributed by atoms with E-state index in [4.69, 9.17) is 10.5 Å². The summed E-state index contributed by atoms with van der Waals surface area (Å²) in [6, 6.07) is 3.52. The van der Waals surface area contributed by atoms with E-state index in [1.165, 1.54) is 0 Å². The Labute approximate surface area is 136 Å². The van der Waals surface area contributed by atoms with Crippen LogP contribution in [0.25, 0.3) is 0 Å². The van der Waals surface area contributed by atoms with Crippen molar-refractivity contribution in [3.63, 3.8) is 0 Å². The second-order valence-electron chi connectivity index (χ2n) is 5.23. The van der Waals surface area contributed by atoms with E-state index in [0.717, 1.165) is 45.8 Å². The summed E-state index contributed by atoms with van der Waals surface area (Å²) < 4.78 is 5.30. The van der Waals surface area contributed by atoms with Crippen molar-refractivity contribution in [1.29, 1.82) is 0 Å². The van der Waals surface area contributed by atoms with Gasteiger partial charge in [-0.05, 0) is 25.1 Å². The van der Waals surface area contributed by atoms with E-state index in [-0.39, 0.29) is 18.4 Å². The number of aromatic nitrogens is 1. The predicted molar refractivity (Wildman–Crippen MR) is 89.2 cm³/mol. The molecule has 0 unspecified atom stereocenters. The van der Waals surface area contributed by atoms with E-state index in [2.05, 4.69) is 25.5 Å². The summed E-state index contributed by atoms with van der Waals surface area (Å²) in [6.07, 6.45) is 4.19. The van der Waals surface area contributed by atoms with Crippen molar-refractivity contribution in [1.82, 2.24) is 15.2 Å². The van der Waals surface area contributed by atoms with Crippen LogP contribution in [0.15, 0.2) is 29.5 Å². The molecule has 8 nitrogen and oxygen atoms in total. The number of nitrogens with one attached hydrogen (secondary N) is 2. The summed E-state index contributed by atoms with van der Waals surface area (Å²) in [6.45, 7) is 5.31. The number of pyridine rings is 1. The Morgan fingerprint density at radius 3 is 3.00 bits per heavy atom. The number of nitrogens with two attached hydrogens (primary N) is 1. The van der Waals surface area contributed by atoms with Crippen LogP contribution in [0.4, 0.5) is 5.69 Å². The SMILES string of the molecule is NC(=NCC(=O)Nc1cccnc1)NCCCN1CCOCC1. The van der Waals surface area contributed by atoms with Crippen LogP contribution in [0, 0.1) is 0 Å². The lowest BCUT2D eigenvalue weighted by molar-refractivity contribution is -0.114. The van der Waals surface area contributed by atoms with E-state index >= 15 is 0 Å². The third kappa shape index (κ3) is 7.07. The maximum Gasteiger partial charge on any atom is 0.246 e. The van der Waals surface area contributed by atoms with Gasteiger partial charge in [-0.25, -0.2) is 4.99 Å². The number of hydrogen-bond acceptors (Lipinski definition) is 5. The van der Waals surface area contributed by atoms with Gasteiger partial charge in [-0.1, -0.05) is 0 Å². The van der Waals surface area contributed by atoms with Crippen LogP contribution in [0.2, 0.25) is 0 Å². The topological polar surface area (TPSA) is 105 Å². The minimum absolute atomic E-state index is 0.0167. The predicted octanol–water partition coefficient (Wildman–Crippen LogP) is -0.353. The fourth-order valence-corrected chi connectivity index (χ4v) is 2.19. The number of carbonyl (C=O) groups excluding carboxylic acids is 1. The molecule has 1 aliphatic rings. The van der Waals surface area contributed by atoms with E-state index in [9.17, 15) is 4.79 Å². The monoisotopic (exact) mass is 320 g/mol. The molecule has 0 bridgehead atoms. The molecule has 2 heterocycles. The molecule has 0 radical (unpaired) electrons. The van der Waals surface area contributed by atoms with Crippen molar-refractivity contribution in [2.75, 3.05) is 51.3 Å². The highest BCUT2D eigenvalue weighted by molar-refractivity contribution is 5.93. The van der Waals surface area contributed by atoms with Gasteiger partial charge in [-0.3, -0.25) is 14.7 Å². The molecule has 1 aromatic heterocycles. The largest absolute Gasteiger partial charge is 0.379 e. The summed E-state index contributed by atoms with van der Waals surface area (Å²) in [4.78, 5) is 22.0. The Balaban J connectivity index is 1.58. The lowest BCUT2D eigenvalue weighted by Gasteiger charge is -2.26. The quantitative estimate of drug-likeness (QED) is 0.360. The van der Waals surface area contributed by atoms with Crippen LogP contribution in [-0.2, 0) is 9.53 Å². The van der Waals surface area contributed by atoms with Gasteiger partial charge in [0.05, 0.1) is 25.1 Å². The summed E-state index contributed by atoms with van der Waals surface area (Å²) in [5.41, 5.74) is 6.39. The highest BCUT2D eigenvalue weighted by Crippen LogP contribution is 2.01. The lowest BCUT2D eigenvalue weighted by atomic mass is 10.3. The molecule has 4 N–H and O–H groups in total. The average Bonchev–Trinajstić information content (AvgIpc) is 2.59. The number of carbonyl (C=O) groups is 1. The van der Waals surface area contributed by atoms with Crippen LogP contribution in [0.3, 0.4) is 0 Å². The number of ether oxygens (including phenoxy) is 1. The summed E-state index contributed by atoms with van der Waals surface area (Å²) in [5.74, 6) is 0.0596. The summed E-state index contributed by atoms with van der Waals surface area (Å²) >= 11 is 0. The maximum absolute atomic E-state index is 11.7. The Morgan fingerprint density at radius 2 is 2.26 bits per heavy atom. The lowest BCUT2D eigenvalue weighted by Crippen LogP contribution is -2.39. The molecule has 0 atom stereocenters. The molecule has 23 heavy (non-hydrogen) atoms. The van der Waals surface area contributed by atoms with E-state index in [0.29, 0.717) is 5.69 Å². The van der Waals surface area contributed by atoms with E-state index < -0.39 is 0 Å². The molecular weight excluding hydrogens is 296 g/mol. The van der Waals surface area contributed by atoms with Gasteiger partial charge in [0.25, 0.3) is 0 Å². The molecule has 1 saturated heterocycles. The highest BCUT2D eigenvalue weighted by atomic mass is 16.5. The van der Waals surface area contributed by atoms with Gasteiger partial charge in [0, 0.05) is 25.8 Å². The fraction of sp³-hybridized carbons (Fsp3) is 0.533. The average molecular weight is 320 g/mol. The van der Waals surface area contributed by atoms with Crippen LogP contribution in [0.5, 0.6) is 0 Å². The number of rotatable bonds is 7. The third-order valence-electron chi connectivity index (χ3n) is 3.40. The standard InChI is InChI=1S/C15H24N6O2/c16-15(18-5-2-6-21-7-9-23-10-8-21)19-12-14(22)20-13-3-1-4-17-11-13/h1,3-4,11H,2,5-10,12H2,(H,20,22)(H3,16,18,19). The minimum atomic E-state index is -0.226. The Hall–Kier alpha value is -2.19.